The fourth-order valence-corrected chi connectivity index (χ4v) is 1.60. The van der Waals surface area contributed by atoms with Crippen LogP contribution in [0.1, 0.15) is 56.2 Å². The van der Waals surface area contributed by atoms with Crippen LogP contribution in [0, 0.1) is 13.0 Å². The molecule has 0 N–H and O–H groups in total. The smallest absolute Gasteiger partial charge is 0.180 e. The summed E-state index contributed by atoms with van der Waals surface area (Å²) in [6.45, 7) is 11.1. The molecule has 0 radical (unpaired) electrons. The predicted molar refractivity (Wildman–Crippen MR) is 58.2 cm³/mol. The van der Waals surface area contributed by atoms with Crippen LogP contribution < -0.4 is 58.2 Å². The van der Waals surface area contributed by atoms with E-state index in [4.69, 9.17) is 0 Å². The van der Waals surface area contributed by atoms with E-state index in [1.165, 1.54) is 16.7 Å². The summed E-state index contributed by atoms with van der Waals surface area (Å²) in [6, 6.07) is 7.81. The third-order valence-electron chi connectivity index (χ3n) is 2.45. The van der Waals surface area contributed by atoms with Crippen molar-refractivity contribution in [2.24, 2.45) is 0 Å². The molecule has 0 spiro atoms. The Morgan fingerprint density at radius 1 is 1.07 bits per heavy atom. The molecule has 0 fully saturated rings. The van der Waals surface area contributed by atoms with Crippen LogP contribution in [0.5, 0.6) is 0 Å². The van der Waals surface area contributed by atoms with Gasteiger partial charge in [-0.05, 0) is 5.92 Å². The fourth-order valence-electron chi connectivity index (χ4n) is 1.60. The number of aryl methyl sites for hydroxylation is 1. The predicted octanol–water partition coefficient (Wildman–Crippen LogP) is 1.05. The first-order valence-electron chi connectivity index (χ1n) is 5.04. The van der Waals surface area contributed by atoms with Gasteiger partial charge in [0.25, 0.3) is 0 Å². The molecular weight excluding hydrogens is 242 g/mol. The summed E-state index contributed by atoms with van der Waals surface area (Å²) in [7, 11) is 0. The second-order valence-electron chi connectivity index (χ2n) is 4.34. The molecule has 0 bridgehead atoms. The summed E-state index contributed by atoms with van der Waals surface area (Å²) in [6.07, 6.45) is 0. The van der Waals surface area contributed by atoms with Crippen LogP contribution in [0.3, 0.4) is 0 Å². The molecule has 72 valence electrons. The van der Waals surface area contributed by atoms with Gasteiger partial charge in [0, 0.05) is 0 Å². The molecule has 0 saturated heterocycles. The van der Waals surface area contributed by atoms with E-state index < -0.39 is 0 Å². The van der Waals surface area contributed by atoms with Crippen LogP contribution in [-0.2, 0) is 0 Å². The molecule has 0 unspecified atom stereocenters. The zero-order valence-corrected chi connectivity index (χ0v) is 15.2. The molecule has 0 aliphatic rings. The molecule has 1 rings (SSSR count). The van der Waals surface area contributed by atoms with E-state index in [-0.39, 0.29) is 58.2 Å². The van der Waals surface area contributed by atoms with Gasteiger partial charge in [0.2, 0.25) is 0 Å². The average molecular weight is 261 g/mol. The topological polar surface area (TPSA) is 0 Å². The van der Waals surface area contributed by atoms with Crippen molar-refractivity contribution in [1.82, 2.24) is 0 Å². The minimum absolute atomic E-state index is 0. The third-order valence-corrected chi connectivity index (χ3v) is 2.45. The van der Waals surface area contributed by atoms with Crippen molar-refractivity contribution in [2.75, 3.05) is 0 Å². The Hall–Kier alpha value is 1.03. The molecule has 1 heteroatoms. The van der Waals surface area contributed by atoms with Crippen LogP contribution in [-0.4, -0.2) is 0 Å². The van der Waals surface area contributed by atoms with Gasteiger partial charge in [0.1, 0.15) is 0 Å². The molecule has 0 heterocycles. The van der Waals surface area contributed by atoms with Crippen molar-refractivity contribution in [3.8, 4) is 0 Å². The summed E-state index contributed by atoms with van der Waals surface area (Å²) in [5, 5.41) is 0. The van der Waals surface area contributed by atoms with Gasteiger partial charge in [-0.15, -0.1) is 0 Å². The SMILES string of the molecule is Cc1cc(C(C)C)c[c-]c1C(C)C.[Rb+]. The Balaban J connectivity index is 0.00000169. The zero-order valence-electron chi connectivity index (χ0n) is 10.3. The van der Waals surface area contributed by atoms with Crippen LogP contribution in [0.15, 0.2) is 12.1 Å². The minimum Gasteiger partial charge on any atom is -0.180 e. The molecule has 0 aliphatic carbocycles. The first-order valence-corrected chi connectivity index (χ1v) is 5.04. The van der Waals surface area contributed by atoms with E-state index in [9.17, 15) is 0 Å². The van der Waals surface area contributed by atoms with Crippen molar-refractivity contribution in [1.29, 1.82) is 0 Å². The minimum atomic E-state index is 0. The molecule has 0 nitrogen and oxygen atoms in total. The summed E-state index contributed by atoms with van der Waals surface area (Å²) in [5.74, 6) is 1.19. The average Bonchev–Trinajstić information content (AvgIpc) is 2.03. The first kappa shape index (κ1) is 15.0. The van der Waals surface area contributed by atoms with Crippen LogP contribution in [0.4, 0.5) is 0 Å². The van der Waals surface area contributed by atoms with Gasteiger partial charge in [0.05, 0.1) is 0 Å². The summed E-state index contributed by atoms with van der Waals surface area (Å²) >= 11 is 0. The largest absolute Gasteiger partial charge is 1.00 e. The Morgan fingerprint density at radius 2 is 1.64 bits per heavy atom. The standard InChI is InChI=1S/C13H19.Rb/c1-9(2)12-6-7-13(10(3)4)11(5)8-12;/h6,8-10H,1-5H3;/q-1;+1. The van der Waals surface area contributed by atoms with Gasteiger partial charge >= 0.3 is 58.2 Å². The molecule has 0 atom stereocenters. The van der Waals surface area contributed by atoms with Crippen molar-refractivity contribution in [3.63, 3.8) is 0 Å². The van der Waals surface area contributed by atoms with Gasteiger partial charge in [-0.2, -0.15) is 34.9 Å². The van der Waals surface area contributed by atoms with Gasteiger partial charge in [-0.25, -0.2) is 0 Å². The van der Waals surface area contributed by atoms with E-state index >= 15 is 0 Å². The Morgan fingerprint density at radius 3 is 2.00 bits per heavy atom. The quantitative estimate of drug-likeness (QED) is 0.698. The zero-order chi connectivity index (χ0) is 10.0. The van der Waals surface area contributed by atoms with E-state index in [0.29, 0.717) is 11.8 Å². The summed E-state index contributed by atoms with van der Waals surface area (Å²) < 4.78 is 0. The maximum Gasteiger partial charge on any atom is 1.00 e. The second kappa shape index (κ2) is 6.57. The maximum absolute atomic E-state index is 3.39. The van der Waals surface area contributed by atoms with Crippen molar-refractivity contribution < 1.29 is 58.2 Å². The number of hydrogen-bond donors (Lipinski definition) is 0. The molecule has 0 amide bonds. The molecule has 0 aromatic heterocycles. The Labute approximate surface area is 137 Å². The molecule has 14 heavy (non-hydrogen) atoms. The monoisotopic (exact) mass is 260 g/mol. The first-order chi connectivity index (χ1) is 6.02. The molecule has 1 aromatic rings. The maximum atomic E-state index is 3.39. The molecular formula is C13H19Rb. The summed E-state index contributed by atoms with van der Waals surface area (Å²) in [5.41, 5.74) is 4.12. The number of hydrogen-bond acceptors (Lipinski definition) is 0. The van der Waals surface area contributed by atoms with Gasteiger partial charge in [-0.3, -0.25) is 0 Å². The van der Waals surface area contributed by atoms with Crippen LogP contribution in [0.25, 0.3) is 0 Å². The fraction of sp³-hybridized carbons (Fsp3) is 0.538. The second-order valence-corrected chi connectivity index (χ2v) is 4.34. The van der Waals surface area contributed by atoms with E-state index in [0.717, 1.165) is 0 Å². The summed E-state index contributed by atoms with van der Waals surface area (Å²) in [4.78, 5) is 0. The van der Waals surface area contributed by atoms with Crippen molar-refractivity contribution in [3.05, 3.63) is 34.9 Å². The molecule has 0 saturated carbocycles. The van der Waals surface area contributed by atoms with E-state index in [1.807, 2.05) is 0 Å². The number of rotatable bonds is 2. The van der Waals surface area contributed by atoms with Crippen LogP contribution >= 0.6 is 0 Å². The van der Waals surface area contributed by atoms with Crippen LogP contribution in [0.2, 0.25) is 0 Å². The molecule has 1 aromatic carbocycles. The van der Waals surface area contributed by atoms with Gasteiger partial charge in [-0.1, -0.05) is 40.5 Å². The molecule has 0 aliphatic heterocycles. The van der Waals surface area contributed by atoms with Gasteiger partial charge in [0.15, 0.2) is 0 Å². The van der Waals surface area contributed by atoms with E-state index in [1.54, 1.807) is 0 Å². The van der Waals surface area contributed by atoms with E-state index in [2.05, 4.69) is 52.8 Å². The Kier molecular flexibility index (Phi) is 7.06. The third kappa shape index (κ3) is 3.88. The van der Waals surface area contributed by atoms with Gasteiger partial charge < -0.3 is 0 Å². The Bertz CT molecular complexity index is 287. The van der Waals surface area contributed by atoms with Crippen molar-refractivity contribution in [2.45, 2.75) is 46.5 Å². The number of benzene rings is 1. The van der Waals surface area contributed by atoms with Crippen molar-refractivity contribution >= 4 is 0 Å². The normalized spacial score (nSPS) is 10.5.